The first kappa shape index (κ1) is 25.6. The molecule has 0 bridgehead atoms. The van der Waals surface area contributed by atoms with Gasteiger partial charge in [-0.25, -0.2) is 4.79 Å². The Labute approximate surface area is 197 Å². The number of halogens is 6. The molecular weight excluding hydrogens is 480 g/mol. The summed E-state index contributed by atoms with van der Waals surface area (Å²) in [5.41, 5.74) is -0.229. The molecule has 2 fully saturated rings. The van der Waals surface area contributed by atoms with Crippen LogP contribution in [0.25, 0.3) is 10.8 Å². The Morgan fingerprint density at radius 3 is 2.40 bits per heavy atom. The van der Waals surface area contributed by atoms with E-state index >= 15 is 0 Å². The fourth-order valence-electron chi connectivity index (χ4n) is 4.79. The van der Waals surface area contributed by atoms with Crippen LogP contribution in [0, 0.1) is 5.92 Å². The Kier molecular flexibility index (Phi) is 7.19. The van der Waals surface area contributed by atoms with Crippen LogP contribution < -0.4 is 4.74 Å². The SMILES string of the molecule is O=C(O)C1CN(Cc2ccc3c(C(F)(F)F)c(OC4CCC(C(F)(F)F)CC4)ccc3c2)CCO1. The number of aliphatic carboxylic acids is 1. The van der Waals surface area contributed by atoms with E-state index in [4.69, 9.17) is 14.6 Å². The van der Waals surface area contributed by atoms with Crippen LogP contribution in [0.2, 0.25) is 0 Å². The van der Waals surface area contributed by atoms with E-state index < -0.39 is 42.0 Å². The molecule has 1 heterocycles. The predicted octanol–water partition coefficient (Wildman–Crippen LogP) is 5.64. The topological polar surface area (TPSA) is 59.0 Å². The summed E-state index contributed by atoms with van der Waals surface area (Å²) in [5.74, 6) is -2.90. The van der Waals surface area contributed by atoms with Gasteiger partial charge in [0.05, 0.1) is 18.6 Å². The molecule has 2 aliphatic rings. The van der Waals surface area contributed by atoms with Gasteiger partial charge in [-0.3, -0.25) is 4.90 Å². The number of benzene rings is 2. The number of hydrogen-bond donors (Lipinski definition) is 1. The Bertz CT molecular complexity index is 1060. The van der Waals surface area contributed by atoms with E-state index in [-0.39, 0.29) is 50.0 Å². The van der Waals surface area contributed by atoms with Crippen LogP contribution in [0.1, 0.15) is 36.8 Å². The van der Waals surface area contributed by atoms with E-state index in [1.807, 2.05) is 4.90 Å². The Morgan fingerprint density at radius 1 is 1.06 bits per heavy atom. The van der Waals surface area contributed by atoms with Gasteiger partial charge in [0.2, 0.25) is 0 Å². The van der Waals surface area contributed by atoms with Crippen molar-refractivity contribution in [1.29, 1.82) is 0 Å². The number of carboxylic acid groups (broad SMARTS) is 1. The van der Waals surface area contributed by atoms with Crippen LogP contribution in [0.4, 0.5) is 26.3 Å². The van der Waals surface area contributed by atoms with Gasteiger partial charge in [0, 0.05) is 19.6 Å². The molecule has 1 aliphatic heterocycles. The summed E-state index contributed by atoms with van der Waals surface area (Å²) in [4.78, 5) is 13.0. The number of fused-ring (bicyclic) bond motifs is 1. The summed E-state index contributed by atoms with van der Waals surface area (Å²) in [6, 6.07) is 7.26. The zero-order valence-corrected chi connectivity index (χ0v) is 18.7. The molecule has 0 spiro atoms. The lowest BCUT2D eigenvalue weighted by atomic mass is 9.87. The molecule has 2 aromatic carbocycles. The van der Waals surface area contributed by atoms with Crippen LogP contribution in [-0.4, -0.2) is 54.1 Å². The van der Waals surface area contributed by atoms with Crippen LogP contribution in [0.3, 0.4) is 0 Å². The van der Waals surface area contributed by atoms with Crippen LogP contribution in [-0.2, 0) is 22.3 Å². The van der Waals surface area contributed by atoms with Crippen molar-refractivity contribution >= 4 is 16.7 Å². The van der Waals surface area contributed by atoms with E-state index in [9.17, 15) is 31.1 Å². The highest BCUT2D eigenvalue weighted by Gasteiger charge is 2.42. The van der Waals surface area contributed by atoms with Crippen molar-refractivity contribution in [3.63, 3.8) is 0 Å². The Balaban J connectivity index is 1.54. The molecule has 35 heavy (non-hydrogen) atoms. The molecule has 0 aromatic heterocycles. The number of carboxylic acids is 1. The van der Waals surface area contributed by atoms with E-state index in [0.29, 0.717) is 18.5 Å². The van der Waals surface area contributed by atoms with Gasteiger partial charge in [0.15, 0.2) is 6.10 Å². The fourth-order valence-corrected chi connectivity index (χ4v) is 4.79. The number of nitrogens with zero attached hydrogens (tertiary/aromatic N) is 1. The Morgan fingerprint density at radius 2 is 1.77 bits per heavy atom. The van der Waals surface area contributed by atoms with Gasteiger partial charge in [-0.15, -0.1) is 0 Å². The summed E-state index contributed by atoms with van der Waals surface area (Å²) >= 11 is 0. The predicted molar refractivity (Wildman–Crippen MR) is 114 cm³/mol. The van der Waals surface area contributed by atoms with E-state index in [1.165, 1.54) is 18.2 Å². The van der Waals surface area contributed by atoms with E-state index in [2.05, 4.69) is 0 Å². The van der Waals surface area contributed by atoms with Crippen molar-refractivity contribution in [3.05, 3.63) is 41.5 Å². The highest BCUT2D eigenvalue weighted by molar-refractivity contribution is 5.89. The van der Waals surface area contributed by atoms with Gasteiger partial charge in [0.25, 0.3) is 0 Å². The molecule has 0 radical (unpaired) electrons. The zero-order chi connectivity index (χ0) is 25.4. The lowest BCUT2D eigenvalue weighted by molar-refractivity contribution is -0.185. The van der Waals surface area contributed by atoms with Crippen molar-refractivity contribution < 1.29 is 45.7 Å². The number of alkyl halides is 6. The van der Waals surface area contributed by atoms with Gasteiger partial charge in [-0.05, 0) is 54.2 Å². The van der Waals surface area contributed by atoms with Crippen molar-refractivity contribution in [2.24, 2.45) is 5.92 Å². The molecular formula is C24H25F6NO4. The quantitative estimate of drug-likeness (QED) is 0.533. The maximum atomic E-state index is 14.0. The minimum Gasteiger partial charge on any atom is -0.490 e. The first-order chi connectivity index (χ1) is 16.4. The average molecular weight is 505 g/mol. The van der Waals surface area contributed by atoms with E-state index in [1.54, 1.807) is 12.1 Å². The number of carbonyl (C=O) groups is 1. The molecule has 1 saturated heterocycles. The number of ether oxygens (including phenoxy) is 2. The second-order valence-corrected chi connectivity index (χ2v) is 9.06. The van der Waals surface area contributed by atoms with Crippen LogP contribution in [0.5, 0.6) is 5.75 Å². The van der Waals surface area contributed by atoms with Crippen LogP contribution >= 0.6 is 0 Å². The van der Waals surface area contributed by atoms with Crippen molar-refractivity contribution in [1.82, 2.24) is 4.90 Å². The average Bonchev–Trinajstić information content (AvgIpc) is 2.78. The maximum absolute atomic E-state index is 14.0. The van der Waals surface area contributed by atoms with Gasteiger partial charge < -0.3 is 14.6 Å². The lowest BCUT2D eigenvalue weighted by Crippen LogP contribution is -2.45. The molecule has 1 unspecified atom stereocenters. The van der Waals surface area contributed by atoms with Gasteiger partial charge in [-0.2, -0.15) is 26.3 Å². The largest absolute Gasteiger partial charge is 0.490 e. The summed E-state index contributed by atoms with van der Waals surface area (Å²) < 4.78 is 91.6. The number of hydrogen-bond acceptors (Lipinski definition) is 4. The minimum atomic E-state index is -4.72. The van der Waals surface area contributed by atoms with Crippen molar-refractivity contribution in [2.75, 3.05) is 19.7 Å². The van der Waals surface area contributed by atoms with Gasteiger partial charge in [-0.1, -0.05) is 18.2 Å². The van der Waals surface area contributed by atoms with Crippen molar-refractivity contribution in [3.8, 4) is 5.75 Å². The maximum Gasteiger partial charge on any atom is 0.420 e. The lowest BCUT2D eigenvalue weighted by Gasteiger charge is -2.31. The first-order valence-electron chi connectivity index (χ1n) is 11.3. The standard InChI is InChI=1S/C24H25F6NO4/c25-23(26,27)16-3-5-17(6-4-16)35-19-8-2-15-11-14(1-7-18(15)21(19)24(28,29)30)12-31-9-10-34-20(13-31)22(32)33/h1-2,7-8,11,16-17,20H,3-6,9-10,12-13H2,(H,32,33). The summed E-state index contributed by atoms with van der Waals surface area (Å²) in [5, 5.41) is 9.42. The zero-order valence-electron chi connectivity index (χ0n) is 18.7. The minimum absolute atomic E-state index is 0.0370. The summed E-state index contributed by atoms with van der Waals surface area (Å²) in [6.45, 7) is 1.27. The summed E-state index contributed by atoms with van der Waals surface area (Å²) in [6.07, 6.45) is -11.0. The molecule has 4 rings (SSSR count). The monoisotopic (exact) mass is 505 g/mol. The third-order valence-electron chi connectivity index (χ3n) is 6.59. The fraction of sp³-hybridized carbons (Fsp3) is 0.542. The molecule has 1 saturated carbocycles. The molecule has 5 nitrogen and oxygen atoms in total. The smallest absolute Gasteiger partial charge is 0.420 e. The van der Waals surface area contributed by atoms with Gasteiger partial charge in [0.1, 0.15) is 11.3 Å². The molecule has 11 heteroatoms. The van der Waals surface area contributed by atoms with Crippen molar-refractivity contribution in [2.45, 2.75) is 56.8 Å². The number of morpholine rings is 1. The van der Waals surface area contributed by atoms with Crippen LogP contribution in [0.15, 0.2) is 30.3 Å². The third kappa shape index (κ3) is 6.00. The van der Waals surface area contributed by atoms with Gasteiger partial charge >= 0.3 is 18.3 Å². The molecule has 0 amide bonds. The highest BCUT2D eigenvalue weighted by atomic mass is 19.4. The Hall–Kier alpha value is -2.53. The second-order valence-electron chi connectivity index (χ2n) is 9.06. The summed E-state index contributed by atoms with van der Waals surface area (Å²) in [7, 11) is 0. The highest BCUT2D eigenvalue weighted by Crippen LogP contribution is 2.44. The molecule has 1 N–H and O–H groups in total. The third-order valence-corrected chi connectivity index (χ3v) is 6.59. The molecule has 192 valence electrons. The van der Waals surface area contributed by atoms with E-state index in [0.717, 1.165) is 5.56 Å². The molecule has 1 atom stereocenters. The second kappa shape index (κ2) is 9.85. The molecule has 1 aliphatic carbocycles. The number of rotatable bonds is 5. The first-order valence-corrected chi connectivity index (χ1v) is 11.3. The normalized spacial score (nSPS) is 24.5. The molecule has 2 aromatic rings.